The van der Waals surface area contributed by atoms with Crippen molar-refractivity contribution in [2.75, 3.05) is 30.0 Å². The molecule has 0 saturated carbocycles. The number of ether oxygens (including phenoxy) is 1. The lowest BCUT2D eigenvalue weighted by Gasteiger charge is -2.21. The number of hydrogen-bond acceptors (Lipinski definition) is 6. The molecule has 1 aliphatic heterocycles. The summed E-state index contributed by atoms with van der Waals surface area (Å²) in [6.07, 6.45) is -1.07. The summed E-state index contributed by atoms with van der Waals surface area (Å²) in [4.78, 5) is 16.2. The maximum Gasteiger partial charge on any atom is 0.416 e. The van der Waals surface area contributed by atoms with Crippen molar-refractivity contribution in [3.63, 3.8) is 0 Å². The second kappa shape index (κ2) is 10.7. The Bertz CT molecular complexity index is 1040. The van der Waals surface area contributed by atoms with Gasteiger partial charge in [0.1, 0.15) is 5.03 Å². The molecule has 1 aromatic heterocycles. The number of hydrogen-bond donors (Lipinski definition) is 1. The lowest BCUT2D eigenvalue weighted by Crippen LogP contribution is -2.22. The van der Waals surface area contributed by atoms with Gasteiger partial charge in [-0.3, -0.25) is 4.79 Å². The molecule has 1 amide bonds. The van der Waals surface area contributed by atoms with Gasteiger partial charge in [0.25, 0.3) is 0 Å². The van der Waals surface area contributed by atoms with Crippen molar-refractivity contribution in [2.24, 2.45) is 5.92 Å². The number of carbonyl (C=O) groups excluding carboxylic acids is 1. The summed E-state index contributed by atoms with van der Waals surface area (Å²) in [6.45, 7) is 1.29. The first-order valence-corrected chi connectivity index (χ1v) is 12.6. The van der Waals surface area contributed by atoms with Crippen LogP contribution in [-0.2, 0) is 25.5 Å². The van der Waals surface area contributed by atoms with Crippen LogP contribution in [0.1, 0.15) is 24.8 Å². The molecule has 174 valence electrons. The van der Waals surface area contributed by atoms with E-state index in [2.05, 4.69) is 10.3 Å². The number of benzene rings is 1. The van der Waals surface area contributed by atoms with Gasteiger partial charge in [-0.1, -0.05) is 6.07 Å². The van der Waals surface area contributed by atoms with Crippen LogP contribution in [0.3, 0.4) is 0 Å². The average Bonchev–Trinajstić information content (AvgIpc) is 2.75. The number of aromatic nitrogens is 1. The summed E-state index contributed by atoms with van der Waals surface area (Å²) >= 11 is 1.12. The van der Waals surface area contributed by atoms with Gasteiger partial charge in [-0.25, -0.2) is 13.4 Å². The molecule has 0 unspecified atom stereocenters. The summed E-state index contributed by atoms with van der Waals surface area (Å²) < 4.78 is 68.9. The Morgan fingerprint density at radius 2 is 1.94 bits per heavy atom. The van der Waals surface area contributed by atoms with E-state index in [0.29, 0.717) is 36.4 Å². The number of nitrogens with zero attached hydrogens (tertiary/aromatic N) is 1. The van der Waals surface area contributed by atoms with Crippen molar-refractivity contribution < 1.29 is 31.1 Å². The SMILES string of the molecule is O=C(CC1CCOCC1)Nc1cccnc1SCCS(=O)(=O)c1cccc(C(F)(F)F)c1. The lowest BCUT2D eigenvalue weighted by molar-refractivity contribution is -0.137. The minimum atomic E-state index is -4.62. The average molecular weight is 489 g/mol. The maximum atomic E-state index is 12.9. The van der Waals surface area contributed by atoms with Crippen LogP contribution in [0.2, 0.25) is 0 Å². The van der Waals surface area contributed by atoms with E-state index in [-0.39, 0.29) is 28.2 Å². The molecule has 6 nitrogen and oxygen atoms in total. The first kappa shape index (κ1) is 24.5. The zero-order chi connectivity index (χ0) is 23.2. The van der Waals surface area contributed by atoms with E-state index in [4.69, 9.17) is 4.74 Å². The molecule has 3 rings (SSSR count). The molecule has 2 aromatic rings. The smallest absolute Gasteiger partial charge is 0.381 e. The highest BCUT2D eigenvalue weighted by molar-refractivity contribution is 8.00. The van der Waals surface area contributed by atoms with Gasteiger partial charge in [0, 0.05) is 31.6 Å². The molecule has 2 heterocycles. The van der Waals surface area contributed by atoms with Crippen LogP contribution in [0.15, 0.2) is 52.5 Å². The molecule has 1 N–H and O–H groups in total. The van der Waals surface area contributed by atoms with Crippen molar-refractivity contribution in [2.45, 2.75) is 35.4 Å². The number of anilines is 1. The summed E-state index contributed by atoms with van der Waals surface area (Å²) in [5, 5.41) is 3.27. The van der Waals surface area contributed by atoms with Gasteiger partial charge in [0.05, 0.1) is 21.9 Å². The van der Waals surface area contributed by atoms with Crippen LogP contribution >= 0.6 is 11.8 Å². The van der Waals surface area contributed by atoms with Gasteiger partial charge in [0.2, 0.25) is 5.91 Å². The normalized spacial score (nSPS) is 15.5. The van der Waals surface area contributed by atoms with Crippen LogP contribution in [0.5, 0.6) is 0 Å². The molecule has 32 heavy (non-hydrogen) atoms. The number of sulfone groups is 1. The molecule has 0 bridgehead atoms. The zero-order valence-corrected chi connectivity index (χ0v) is 18.7. The third kappa shape index (κ3) is 6.94. The van der Waals surface area contributed by atoms with Crippen LogP contribution in [0.25, 0.3) is 0 Å². The predicted molar refractivity (Wildman–Crippen MR) is 115 cm³/mol. The Morgan fingerprint density at radius 3 is 2.66 bits per heavy atom. The molecule has 11 heteroatoms. The van der Waals surface area contributed by atoms with Gasteiger partial charge >= 0.3 is 6.18 Å². The maximum absolute atomic E-state index is 12.9. The van der Waals surface area contributed by atoms with E-state index in [1.54, 1.807) is 12.1 Å². The van der Waals surface area contributed by atoms with Gasteiger partial charge in [-0.05, 0) is 49.1 Å². The largest absolute Gasteiger partial charge is 0.416 e. The highest BCUT2D eigenvalue weighted by Gasteiger charge is 2.31. The van der Waals surface area contributed by atoms with Crippen molar-refractivity contribution >= 4 is 33.2 Å². The molecular weight excluding hydrogens is 465 g/mol. The minimum Gasteiger partial charge on any atom is -0.381 e. The molecule has 0 aliphatic carbocycles. The molecule has 0 radical (unpaired) electrons. The van der Waals surface area contributed by atoms with Crippen LogP contribution in [0.4, 0.5) is 18.9 Å². The fraction of sp³-hybridized carbons (Fsp3) is 0.429. The highest BCUT2D eigenvalue weighted by Crippen LogP contribution is 2.31. The molecular formula is C21H23F3N2O4S2. The molecule has 1 aromatic carbocycles. The third-order valence-electron chi connectivity index (χ3n) is 4.97. The van der Waals surface area contributed by atoms with Gasteiger partial charge in [-0.15, -0.1) is 11.8 Å². The zero-order valence-electron chi connectivity index (χ0n) is 17.1. The van der Waals surface area contributed by atoms with Crippen molar-refractivity contribution in [1.82, 2.24) is 4.98 Å². The molecule has 1 saturated heterocycles. The molecule has 0 spiro atoms. The number of carbonyl (C=O) groups is 1. The Hall–Kier alpha value is -2.11. The van der Waals surface area contributed by atoms with E-state index in [9.17, 15) is 26.4 Å². The molecule has 1 aliphatic rings. The summed E-state index contributed by atoms with van der Waals surface area (Å²) in [6, 6.07) is 7.04. The Morgan fingerprint density at radius 1 is 1.19 bits per heavy atom. The van der Waals surface area contributed by atoms with Crippen molar-refractivity contribution in [3.8, 4) is 0 Å². The number of nitrogens with one attached hydrogen (secondary N) is 1. The standard InChI is InChI=1S/C21H23F3N2O4S2/c22-21(23,24)16-3-1-4-17(14-16)32(28,29)12-11-31-20-18(5-2-8-25-20)26-19(27)13-15-6-9-30-10-7-15/h1-5,8,14-15H,6-7,9-13H2,(H,26,27). The Kier molecular flexibility index (Phi) is 8.18. The van der Waals surface area contributed by atoms with E-state index in [0.717, 1.165) is 42.8 Å². The van der Waals surface area contributed by atoms with Crippen LogP contribution in [-0.4, -0.2) is 44.0 Å². The first-order valence-electron chi connectivity index (χ1n) is 10.0. The number of alkyl halides is 3. The number of pyridine rings is 1. The number of amides is 1. The molecule has 0 atom stereocenters. The highest BCUT2D eigenvalue weighted by atomic mass is 32.2. The monoisotopic (exact) mass is 488 g/mol. The second-order valence-electron chi connectivity index (χ2n) is 7.36. The van der Waals surface area contributed by atoms with Crippen LogP contribution < -0.4 is 5.32 Å². The molecule has 1 fully saturated rings. The minimum absolute atomic E-state index is 0.0679. The van der Waals surface area contributed by atoms with Crippen molar-refractivity contribution in [1.29, 1.82) is 0 Å². The van der Waals surface area contributed by atoms with Gasteiger partial charge in [-0.2, -0.15) is 13.2 Å². The summed E-state index contributed by atoms with van der Waals surface area (Å²) in [5.41, 5.74) is -0.531. The van der Waals surface area contributed by atoms with E-state index in [1.807, 2.05) is 0 Å². The Balaban J connectivity index is 1.59. The van der Waals surface area contributed by atoms with E-state index in [1.165, 1.54) is 6.20 Å². The topological polar surface area (TPSA) is 85.4 Å². The van der Waals surface area contributed by atoms with Crippen LogP contribution in [0, 0.1) is 5.92 Å². The number of halogens is 3. The fourth-order valence-electron chi connectivity index (χ4n) is 3.25. The fourth-order valence-corrected chi connectivity index (χ4v) is 5.89. The predicted octanol–water partition coefficient (Wildman–Crippen LogP) is 4.42. The third-order valence-corrected chi connectivity index (χ3v) is 7.95. The van der Waals surface area contributed by atoms with E-state index >= 15 is 0 Å². The lowest BCUT2D eigenvalue weighted by atomic mass is 9.96. The summed E-state index contributed by atoms with van der Waals surface area (Å²) in [5.74, 6) is -0.193. The first-order chi connectivity index (χ1) is 15.1. The van der Waals surface area contributed by atoms with Gasteiger partial charge in [0.15, 0.2) is 9.84 Å². The Labute approximate surface area is 188 Å². The van der Waals surface area contributed by atoms with E-state index < -0.39 is 21.6 Å². The van der Waals surface area contributed by atoms with Crippen molar-refractivity contribution in [3.05, 3.63) is 48.2 Å². The number of thioether (sulfide) groups is 1. The van der Waals surface area contributed by atoms with Gasteiger partial charge < -0.3 is 10.1 Å². The second-order valence-corrected chi connectivity index (χ2v) is 10.5. The summed E-state index contributed by atoms with van der Waals surface area (Å²) in [7, 11) is -3.92. The number of rotatable bonds is 8. The quantitative estimate of drug-likeness (QED) is 0.554.